The Morgan fingerprint density at radius 3 is 3.00 bits per heavy atom. The molecule has 19 heavy (non-hydrogen) atoms. The zero-order chi connectivity index (χ0) is 13.2. The van der Waals surface area contributed by atoms with Crippen LogP contribution in [-0.2, 0) is 13.2 Å². The van der Waals surface area contributed by atoms with Crippen molar-refractivity contribution in [3.8, 4) is 5.75 Å². The van der Waals surface area contributed by atoms with Crippen molar-refractivity contribution < 1.29 is 14.4 Å². The van der Waals surface area contributed by atoms with Gasteiger partial charge < -0.3 is 14.4 Å². The third-order valence-corrected chi connectivity index (χ3v) is 3.16. The number of rotatable bonds is 5. The summed E-state index contributed by atoms with van der Waals surface area (Å²) in [6, 6.07) is 5.69. The van der Waals surface area contributed by atoms with E-state index in [0.29, 0.717) is 17.6 Å². The fourth-order valence-electron chi connectivity index (χ4n) is 1.95. The van der Waals surface area contributed by atoms with Crippen LogP contribution in [0, 0.1) is 6.92 Å². The topological polar surface area (TPSA) is 68.4 Å². The average Bonchev–Trinajstić information content (AvgIpc) is 3.17. The molecule has 0 saturated heterocycles. The third-order valence-electron chi connectivity index (χ3n) is 3.16. The molecule has 1 heterocycles. The van der Waals surface area contributed by atoms with Crippen molar-refractivity contribution in [3.05, 3.63) is 41.0 Å². The van der Waals surface area contributed by atoms with Crippen LogP contribution >= 0.6 is 0 Å². The van der Waals surface area contributed by atoms with E-state index in [0.717, 1.165) is 29.8 Å². The molecule has 1 aliphatic carbocycles. The van der Waals surface area contributed by atoms with Crippen LogP contribution in [0.4, 0.5) is 0 Å². The van der Waals surface area contributed by atoms with E-state index in [1.165, 1.54) is 0 Å². The van der Waals surface area contributed by atoms with Crippen molar-refractivity contribution in [3.63, 3.8) is 0 Å². The van der Waals surface area contributed by atoms with Crippen LogP contribution in [0.25, 0.3) is 0 Å². The minimum Gasteiger partial charge on any atom is -0.483 e. The first-order chi connectivity index (χ1) is 9.26. The Kier molecular flexibility index (Phi) is 3.21. The highest BCUT2D eigenvalue weighted by molar-refractivity contribution is 5.36. The summed E-state index contributed by atoms with van der Waals surface area (Å²) in [6.07, 6.45) is 2.29. The number of benzene rings is 1. The Balaban J connectivity index is 1.67. The summed E-state index contributed by atoms with van der Waals surface area (Å²) in [5.74, 6) is 2.39. The second-order valence-electron chi connectivity index (χ2n) is 4.88. The third kappa shape index (κ3) is 2.76. The fraction of sp³-hybridized carbons (Fsp3) is 0.429. The number of aliphatic hydroxyl groups is 1. The lowest BCUT2D eigenvalue weighted by atomic mass is 10.1. The smallest absolute Gasteiger partial charge is 0.264 e. The minimum atomic E-state index is -0.0474. The summed E-state index contributed by atoms with van der Waals surface area (Å²) < 4.78 is 10.8. The van der Waals surface area contributed by atoms with E-state index in [9.17, 15) is 5.11 Å². The minimum absolute atomic E-state index is 0.0474. The Morgan fingerprint density at radius 2 is 2.26 bits per heavy atom. The molecule has 1 aromatic heterocycles. The molecule has 5 nitrogen and oxygen atoms in total. The number of hydrogen-bond acceptors (Lipinski definition) is 5. The SMILES string of the molecule is Cc1ccc(OCc2nc(C3CC3)no2)c(CO)c1. The number of aliphatic hydroxyl groups excluding tert-OH is 1. The Bertz CT molecular complexity index is 576. The summed E-state index contributed by atoms with van der Waals surface area (Å²) in [4.78, 5) is 4.30. The van der Waals surface area contributed by atoms with Gasteiger partial charge in [0.15, 0.2) is 12.4 Å². The number of hydrogen-bond donors (Lipinski definition) is 1. The van der Waals surface area contributed by atoms with Gasteiger partial charge >= 0.3 is 0 Å². The van der Waals surface area contributed by atoms with Gasteiger partial charge in [0.05, 0.1) is 6.61 Å². The standard InChI is InChI=1S/C14H16N2O3/c1-9-2-5-12(11(6-9)7-17)18-8-13-15-14(16-19-13)10-3-4-10/h2,5-6,10,17H,3-4,7-8H2,1H3. The van der Waals surface area contributed by atoms with Crippen LogP contribution in [-0.4, -0.2) is 15.2 Å². The Hall–Kier alpha value is -1.88. The van der Waals surface area contributed by atoms with E-state index in [2.05, 4.69) is 10.1 Å². The largest absolute Gasteiger partial charge is 0.483 e. The Morgan fingerprint density at radius 1 is 1.42 bits per heavy atom. The normalized spacial score (nSPS) is 14.6. The summed E-state index contributed by atoms with van der Waals surface area (Å²) >= 11 is 0. The lowest BCUT2D eigenvalue weighted by Gasteiger charge is -2.08. The van der Waals surface area contributed by atoms with Crippen LogP contribution in [0.3, 0.4) is 0 Å². The van der Waals surface area contributed by atoms with Gasteiger partial charge in [-0.2, -0.15) is 4.98 Å². The summed E-state index contributed by atoms with van der Waals surface area (Å²) in [5.41, 5.74) is 1.85. The fourth-order valence-corrected chi connectivity index (χ4v) is 1.95. The quantitative estimate of drug-likeness (QED) is 0.893. The molecule has 0 amide bonds. The molecule has 100 valence electrons. The van der Waals surface area contributed by atoms with Crippen molar-refractivity contribution >= 4 is 0 Å². The van der Waals surface area contributed by atoms with Gasteiger partial charge in [-0.05, 0) is 25.8 Å². The lowest BCUT2D eigenvalue weighted by Crippen LogP contribution is -1.99. The van der Waals surface area contributed by atoms with Gasteiger partial charge in [-0.3, -0.25) is 0 Å². The molecule has 3 rings (SSSR count). The number of aryl methyl sites for hydroxylation is 1. The van der Waals surface area contributed by atoms with E-state index >= 15 is 0 Å². The lowest BCUT2D eigenvalue weighted by molar-refractivity contribution is 0.228. The molecular weight excluding hydrogens is 244 g/mol. The molecule has 0 spiro atoms. The number of ether oxygens (including phenoxy) is 1. The average molecular weight is 260 g/mol. The van der Waals surface area contributed by atoms with Crippen LogP contribution in [0.15, 0.2) is 22.7 Å². The predicted molar refractivity (Wildman–Crippen MR) is 67.7 cm³/mol. The monoisotopic (exact) mass is 260 g/mol. The van der Waals surface area contributed by atoms with Gasteiger partial charge in [-0.25, -0.2) is 0 Å². The number of aromatic nitrogens is 2. The molecule has 0 unspecified atom stereocenters. The van der Waals surface area contributed by atoms with Crippen LogP contribution < -0.4 is 4.74 Å². The van der Waals surface area contributed by atoms with Gasteiger partial charge in [0.2, 0.25) is 0 Å². The van der Waals surface area contributed by atoms with Gasteiger partial charge in [-0.1, -0.05) is 22.9 Å². The van der Waals surface area contributed by atoms with Crippen molar-refractivity contribution in [2.45, 2.75) is 38.9 Å². The molecule has 0 aliphatic heterocycles. The molecule has 1 saturated carbocycles. The second kappa shape index (κ2) is 5.01. The van der Waals surface area contributed by atoms with E-state index < -0.39 is 0 Å². The van der Waals surface area contributed by atoms with Crippen LogP contribution in [0.1, 0.15) is 41.6 Å². The van der Waals surface area contributed by atoms with Gasteiger partial charge in [0, 0.05) is 11.5 Å². The molecule has 1 N–H and O–H groups in total. The molecule has 0 bridgehead atoms. The first-order valence-corrected chi connectivity index (χ1v) is 6.42. The van der Waals surface area contributed by atoms with E-state index in [-0.39, 0.29) is 13.2 Å². The van der Waals surface area contributed by atoms with Gasteiger partial charge in [0.25, 0.3) is 5.89 Å². The van der Waals surface area contributed by atoms with E-state index in [4.69, 9.17) is 9.26 Å². The van der Waals surface area contributed by atoms with Crippen molar-refractivity contribution in [1.29, 1.82) is 0 Å². The highest BCUT2D eigenvalue weighted by Crippen LogP contribution is 2.38. The molecule has 1 fully saturated rings. The maximum Gasteiger partial charge on any atom is 0.264 e. The zero-order valence-electron chi connectivity index (χ0n) is 10.8. The van der Waals surface area contributed by atoms with Crippen LogP contribution in [0.2, 0.25) is 0 Å². The zero-order valence-corrected chi connectivity index (χ0v) is 10.8. The predicted octanol–water partition coefficient (Wildman–Crippen LogP) is 2.33. The van der Waals surface area contributed by atoms with Gasteiger partial charge in [-0.15, -0.1) is 0 Å². The maximum absolute atomic E-state index is 9.29. The first kappa shape index (κ1) is 12.2. The highest BCUT2D eigenvalue weighted by Gasteiger charge is 2.28. The Labute approximate surface area is 111 Å². The van der Waals surface area contributed by atoms with Gasteiger partial charge in [0.1, 0.15) is 5.75 Å². The summed E-state index contributed by atoms with van der Waals surface area (Å²) in [5, 5.41) is 13.2. The van der Waals surface area contributed by atoms with Crippen molar-refractivity contribution in [2.24, 2.45) is 0 Å². The number of nitrogens with zero attached hydrogens (tertiary/aromatic N) is 2. The van der Waals surface area contributed by atoms with Crippen molar-refractivity contribution in [2.75, 3.05) is 0 Å². The second-order valence-corrected chi connectivity index (χ2v) is 4.88. The van der Waals surface area contributed by atoms with Crippen molar-refractivity contribution in [1.82, 2.24) is 10.1 Å². The summed E-state index contributed by atoms with van der Waals surface area (Å²) in [7, 11) is 0. The summed E-state index contributed by atoms with van der Waals surface area (Å²) in [6.45, 7) is 2.16. The van der Waals surface area contributed by atoms with E-state index in [1.807, 2.05) is 25.1 Å². The maximum atomic E-state index is 9.29. The molecule has 1 aromatic carbocycles. The molecule has 2 aromatic rings. The first-order valence-electron chi connectivity index (χ1n) is 6.42. The van der Waals surface area contributed by atoms with Crippen LogP contribution in [0.5, 0.6) is 5.75 Å². The molecule has 5 heteroatoms. The molecular formula is C14H16N2O3. The molecule has 0 atom stereocenters. The van der Waals surface area contributed by atoms with E-state index in [1.54, 1.807) is 0 Å². The highest BCUT2D eigenvalue weighted by atomic mass is 16.5. The molecule has 1 aliphatic rings. The molecule has 0 radical (unpaired) electrons.